The van der Waals surface area contributed by atoms with Gasteiger partial charge in [0.15, 0.2) is 0 Å². The van der Waals surface area contributed by atoms with Gasteiger partial charge in [-0.15, -0.1) is 11.3 Å². The van der Waals surface area contributed by atoms with Gasteiger partial charge in [-0.1, -0.05) is 0 Å². The zero-order valence-corrected chi connectivity index (χ0v) is 8.60. The largest absolute Gasteiger partial charge is 0.386 e. The molecule has 0 spiro atoms. The third-order valence-corrected chi connectivity index (χ3v) is 3.86. The van der Waals surface area contributed by atoms with E-state index in [2.05, 4.69) is 6.07 Å². The summed E-state index contributed by atoms with van der Waals surface area (Å²) in [5, 5.41) is 9.74. The van der Waals surface area contributed by atoms with Crippen molar-refractivity contribution in [2.24, 2.45) is 5.73 Å². The molecule has 1 heterocycles. The smallest absolute Gasteiger partial charge is 0.103 e. The van der Waals surface area contributed by atoms with Crippen LogP contribution in [0.4, 0.5) is 0 Å². The minimum absolute atomic E-state index is 0.168. The van der Waals surface area contributed by atoms with Crippen molar-refractivity contribution in [3.05, 3.63) is 21.4 Å². The van der Waals surface area contributed by atoms with Crippen molar-refractivity contribution in [2.75, 3.05) is 0 Å². The lowest BCUT2D eigenvalue weighted by Gasteiger charge is -2.11. The zero-order chi connectivity index (χ0) is 9.42. The van der Waals surface area contributed by atoms with Gasteiger partial charge in [-0.05, 0) is 37.8 Å². The summed E-state index contributed by atoms with van der Waals surface area (Å²) in [6, 6.07) is 1.96. The lowest BCUT2D eigenvalue weighted by molar-refractivity contribution is 0.157. The Morgan fingerprint density at radius 2 is 2.31 bits per heavy atom. The number of hydrogen-bond donors (Lipinski definition) is 2. The third-order valence-electron chi connectivity index (χ3n) is 2.56. The minimum atomic E-state index is -0.476. The topological polar surface area (TPSA) is 46.2 Å². The summed E-state index contributed by atoms with van der Waals surface area (Å²) in [4.78, 5) is 2.49. The van der Waals surface area contributed by atoms with Gasteiger partial charge >= 0.3 is 0 Å². The molecule has 1 aliphatic rings. The van der Waals surface area contributed by atoms with Crippen molar-refractivity contribution < 1.29 is 5.11 Å². The van der Waals surface area contributed by atoms with Gasteiger partial charge in [-0.3, -0.25) is 0 Å². The van der Waals surface area contributed by atoms with E-state index in [1.165, 1.54) is 29.7 Å². The van der Waals surface area contributed by atoms with Crippen molar-refractivity contribution >= 4 is 11.3 Å². The first-order valence-corrected chi connectivity index (χ1v) is 5.55. The van der Waals surface area contributed by atoms with E-state index in [0.29, 0.717) is 0 Å². The van der Waals surface area contributed by atoms with Crippen LogP contribution in [0.5, 0.6) is 0 Å². The molecule has 13 heavy (non-hydrogen) atoms. The molecule has 72 valence electrons. The standard InChI is InChI=1S/C10H15NOS/c1-6(11)10(12)9-5-7-3-2-4-8(7)13-9/h5-6,10,12H,2-4,11H2,1H3. The Morgan fingerprint density at radius 3 is 2.92 bits per heavy atom. The molecular formula is C10H15NOS. The summed E-state index contributed by atoms with van der Waals surface area (Å²) in [7, 11) is 0. The van der Waals surface area contributed by atoms with Crippen LogP contribution in [0.3, 0.4) is 0 Å². The van der Waals surface area contributed by atoms with Crippen LogP contribution in [-0.4, -0.2) is 11.1 Å². The summed E-state index contributed by atoms with van der Waals surface area (Å²) < 4.78 is 0. The van der Waals surface area contributed by atoms with E-state index in [-0.39, 0.29) is 6.04 Å². The number of thiophene rings is 1. The summed E-state index contributed by atoms with van der Waals surface area (Å²) in [6.07, 6.45) is 3.16. The number of fused-ring (bicyclic) bond motifs is 1. The maximum absolute atomic E-state index is 9.74. The van der Waals surface area contributed by atoms with Crippen molar-refractivity contribution in [1.82, 2.24) is 0 Å². The summed E-state index contributed by atoms with van der Waals surface area (Å²) in [5.41, 5.74) is 7.07. The number of rotatable bonds is 2. The van der Waals surface area contributed by atoms with Crippen LogP contribution in [0.1, 0.15) is 34.8 Å². The Labute approximate surface area is 82.4 Å². The van der Waals surface area contributed by atoms with Gasteiger partial charge in [0.05, 0.1) is 0 Å². The molecule has 0 amide bonds. The van der Waals surface area contributed by atoms with Crippen LogP contribution in [0, 0.1) is 0 Å². The Kier molecular flexibility index (Phi) is 2.41. The molecule has 0 aliphatic heterocycles. The fourth-order valence-corrected chi connectivity index (χ4v) is 3.12. The third kappa shape index (κ3) is 1.64. The number of hydrogen-bond acceptors (Lipinski definition) is 3. The van der Waals surface area contributed by atoms with Crippen LogP contribution < -0.4 is 5.73 Å². The highest BCUT2D eigenvalue weighted by Gasteiger charge is 2.20. The van der Waals surface area contributed by atoms with Gasteiger partial charge < -0.3 is 10.8 Å². The maximum Gasteiger partial charge on any atom is 0.103 e. The highest BCUT2D eigenvalue weighted by Crippen LogP contribution is 2.34. The highest BCUT2D eigenvalue weighted by molar-refractivity contribution is 7.12. The first kappa shape index (κ1) is 9.19. The van der Waals surface area contributed by atoms with Crippen molar-refractivity contribution in [3.8, 4) is 0 Å². The number of aliphatic hydroxyl groups is 1. The van der Waals surface area contributed by atoms with Gasteiger partial charge in [0, 0.05) is 15.8 Å². The van der Waals surface area contributed by atoms with E-state index in [4.69, 9.17) is 5.73 Å². The van der Waals surface area contributed by atoms with Gasteiger partial charge in [-0.25, -0.2) is 0 Å². The molecule has 0 fully saturated rings. The van der Waals surface area contributed by atoms with E-state index in [0.717, 1.165) is 4.88 Å². The van der Waals surface area contributed by atoms with Crippen LogP contribution in [0.2, 0.25) is 0 Å². The van der Waals surface area contributed by atoms with Crippen LogP contribution in [0.25, 0.3) is 0 Å². The SMILES string of the molecule is CC(N)C(O)c1cc2c(s1)CCC2. The Hall–Kier alpha value is -0.380. The molecule has 0 aromatic carbocycles. The summed E-state index contributed by atoms with van der Waals surface area (Å²) in [5.74, 6) is 0. The molecule has 2 rings (SSSR count). The lowest BCUT2D eigenvalue weighted by atomic mass is 10.1. The zero-order valence-electron chi connectivity index (χ0n) is 7.79. The Balaban J connectivity index is 2.23. The predicted octanol–water partition coefficient (Wildman–Crippen LogP) is 1.62. The van der Waals surface area contributed by atoms with Gasteiger partial charge in [0.25, 0.3) is 0 Å². The normalized spacial score (nSPS) is 19.9. The average Bonchev–Trinajstić information content (AvgIpc) is 2.59. The first-order valence-electron chi connectivity index (χ1n) is 4.73. The molecule has 0 radical (unpaired) electrons. The summed E-state index contributed by atoms with van der Waals surface area (Å²) in [6.45, 7) is 1.84. The van der Waals surface area contributed by atoms with Crippen LogP contribution in [-0.2, 0) is 12.8 Å². The average molecular weight is 197 g/mol. The fraction of sp³-hybridized carbons (Fsp3) is 0.600. The molecule has 3 heteroatoms. The van der Waals surface area contributed by atoms with Crippen molar-refractivity contribution in [2.45, 2.75) is 38.3 Å². The van der Waals surface area contributed by atoms with Gasteiger partial charge in [0.2, 0.25) is 0 Å². The lowest BCUT2D eigenvalue weighted by Crippen LogP contribution is -2.23. The van der Waals surface area contributed by atoms with E-state index in [1.807, 2.05) is 6.92 Å². The molecule has 1 aromatic heterocycles. The molecular weight excluding hydrogens is 182 g/mol. The summed E-state index contributed by atoms with van der Waals surface area (Å²) >= 11 is 1.73. The van der Waals surface area contributed by atoms with E-state index in [1.54, 1.807) is 11.3 Å². The number of nitrogens with two attached hydrogens (primary N) is 1. The molecule has 1 aromatic rings. The predicted molar refractivity (Wildman–Crippen MR) is 55.0 cm³/mol. The van der Waals surface area contributed by atoms with Crippen molar-refractivity contribution in [3.63, 3.8) is 0 Å². The van der Waals surface area contributed by atoms with E-state index >= 15 is 0 Å². The second-order valence-corrected chi connectivity index (χ2v) is 4.92. The molecule has 2 atom stereocenters. The molecule has 2 unspecified atom stereocenters. The number of aliphatic hydroxyl groups excluding tert-OH is 1. The molecule has 0 saturated heterocycles. The van der Waals surface area contributed by atoms with Crippen molar-refractivity contribution in [1.29, 1.82) is 0 Å². The van der Waals surface area contributed by atoms with E-state index in [9.17, 15) is 5.11 Å². The maximum atomic E-state index is 9.74. The molecule has 3 N–H and O–H groups in total. The fourth-order valence-electron chi connectivity index (χ4n) is 1.76. The highest BCUT2D eigenvalue weighted by atomic mass is 32.1. The van der Waals surface area contributed by atoms with Gasteiger partial charge in [-0.2, -0.15) is 0 Å². The molecule has 2 nitrogen and oxygen atoms in total. The minimum Gasteiger partial charge on any atom is -0.386 e. The molecule has 0 bridgehead atoms. The first-order chi connectivity index (χ1) is 6.18. The van der Waals surface area contributed by atoms with Gasteiger partial charge in [0.1, 0.15) is 6.10 Å². The molecule has 0 saturated carbocycles. The van der Waals surface area contributed by atoms with Crippen LogP contribution >= 0.6 is 11.3 Å². The second kappa shape index (κ2) is 3.40. The molecule has 1 aliphatic carbocycles. The van der Waals surface area contributed by atoms with E-state index < -0.39 is 6.10 Å². The monoisotopic (exact) mass is 197 g/mol. The Bertz CT molecular complexity index is 284. The number of aryl methyl sites for hydroxylation is 2. The van der Waals surface area contributed by atoms with Crippen LogP contribution in [0.15, 0.2) is 6.07 Å². The quantitative estimate of drug-likeness (QED) is 0.756. The Morgan fingerprint density at radius 1 is 1.54 bits per heavy atom. The second-order valence-electron chi connectivity index (χ2n) is 3.75.